The van der Waals surface area contributed by atoms with Gasteiger partial charge in [0.1, 0.15) is 5.75 Å². The molecule has 180 valence electrons. The lowest BCUT2D eigenvalue weighted by molar-refractivity contribution is -0.137. The first-order valence-corrected chi connectivity index (χ1v) is 11.6. The Bertz CT molecular complexity index is 1260. The maximum atomic E-state index is 12.7. The Morgan fingerprint density at radius 3 is 2.06 bits per heavy atom. The summed E-state index contributed by atoms with van der Waals surface area (Å²) in [6, 6.07) is 14.5. The molecule has 0 aliphatic carbocycles. The summed E-state index contributed by atoms with van der Waals surface area (Å²) in [5.41, 5.74) is 0.661. The number of anilines is 2. The lowest BCUT2D eigenvalue weighted by Crippen LogP contribution is -2.17. The Labute approximate surface area is 193 Å². The summed E-state index contributed by atoms with van der Waals surface area (Å²) in [5.74, 6) is -1.37. The number of phenols is 1. The van der Waals surface area contributed by atoms with Crippen LogP contribution in [-0.2, 0) is 16.2 Å². The van der Waals surface area contributed by atoms with E-state index in [-0.39, 0.29) is 29.1 Å². The van der Waals surface area contributed by atoms with E-state index in [4.69, 9.17) is 0 Å². The number of alkyl halides is 4. The summed E-state index contributed by atoms with van der Waals surface area (Å²) in [6.07, 6.45) is -4.63. The van der Waals surface area contributed by atoms with Crippen LogP contribution in [0.1, 0.15) is 22.3 Å². The topological polar surface area (TPSA) is 95.5 Å². The molecule has 3 rings (SSSR count). The van der Waals surface area contributed by atoms with Gasteiger partial charge in [0.05, 0.1) is 23.7 Å². The molecule has 0 fully saturated rings. The third-order valence-corrected chi connectivity index (χ3v) is 6.12. The number of rotatable bonds is 8. The van der Waals surface area contributed by atoms with Gasteiger partial charge in [0.15, 0.2) is 0 Å². The van der Waals surface area contributed by atoms with Crippen molar-refractivity contribution < 1.29 is 35.9 Å². The third-order valence-electron chi connectivity index (χ3n) is 4.76. The molecule has 0 atom stereocenters. The minimum absolute atomic E-state index is 0.172. The minimum Gasteiger partial charge on any atom is -0.506 e. The number of aromatic hydroxyl groups is 1. The molecular weight excluding hydrogens is 476 g/mol. The van der Waals surface area contributed by atoms with Gasteiger partial charge >= 0.3 is 6.18 Å². The van der Waals surface area contributed by atoms with Gasteiger partial charge in [-0.25, -0.2) is 8.42 Å². The van der Waals surface area contributed by atoms with E-state index in [0.29, 0.717) is 11.1 Å². The van der Waals surface area contributed by atoms with Crippen molar-refractivity contribution in [3.05, 3.63) is 77.9 Å². The summed E-state index contributed by atoms with van der Waals surface area (Å²) in [4.78, 5) is 12.6. The van der Waals surface area contributed by atoms with Crippen LogP contribution in [0.4, 0.5) is 28.9 Å². The van der Waals surface area contributed by atoms with Gasteiger partial charge in [-0.2, -0.15) is 13.2 Å². The van der Waals surface area contributed by atoms with Gasteiger partial charge in [-0.05, 0) is 60.0 Å². The van der Waals surface area contributed by atoms with Gasteiger partial charge in [-0.3, -0.25) is 13.9 Å². The van der Waals surface area contributed by atoms with E-state index in [9.17, 15) is 35.9 Å². The van der Waals surface area contributed by atoms with E-state index in [2.05, 4.69) is 10.0 Å². The van der Waals surface area contributed by atoms with E-state index < -0.39 is 40.1 Å². The summed E-state index contributed by atoms with van der Waals surface area (Å²) < 4.78 is 76.5. The van der Waals surface area contributed by atoms with Gasteiger partial charge in [-0.1, -0.05) is 24.3 Å². The van der Waals surface area contributed by atoms with Crippen LogP contribution in [0.15, 0.2) is 66.7 Å². The molecule has 0 aliphatic rings. The summed E-state index contributed by atoms with van der Waals surface area (Å²) in [6.45, 7) is -0.805. The number of benzene rings is 3. The van der Waals surface area contributed by atoms with Crippen LogP contribution in [0.2, 0.25) is 0 Å². The zero-order chi connectivity index (χ0) is 24.9. The van der Waals surface area contributed by atoms with Gasteiger partial charge < -0.3 is 10.4 Å². The van der Waals surface area contributed by atoms with Gasteiger partial charge in [0.25, 0.3) is 5.91 Å². The van der Waals surface area contributed by atoms with Crippen LogP contribution >= 0.6 is 0 Å². The first kappa shape index (κ1) is 25.0. The highest BCUT2D eigenvalue weighted by Crippen LogP contribution is 2.31. The molecule has 0 heterocycles. The molecule has 6 nitrogen and oxygen atoms in total. The fourth-order valence-corrected chi connectivity index (χ4v) is 4.12. The van der Waals surface area contributed by atoms with Crippen molar-refractivity contribution in [3.63, 3.8) is 0 Å². The van der Waals surface area contributed by atoms with Crippen molar-refractivity contribution in [1.29, 1.82) is 0 Å². The fourth-order valence-electron chi connectivity index (χ4n) is 3.03. The predicted molar refractivity (Wildman–Crippen MR) is 121 cm³/mol. The zero-order valence-corrected chi connectivity index (χ0v) is 18.4. The number of hydrogen-bond donors (Lipinski definition) is 3. The average molecular weight is 496 g/mol. The lowest BCUT2D eigenvalue weighted by atomic mass is 10.0. The molecule has 0 bridgehead atoms. The summed E-state index contributed by atoms with van der Waals surface area (Å²) in [5, 5.41) is 12.5. The first-order valence-electron chi connectivity index (χ1n) is 9.97. The van der Waals surface area contributed by atoms with Gasteiger partial charge in [0, 0.05) is 11.3 Å². The summed E-state index contributed by atoms with van der Waals surface area (Å²) in [7, 11) is -3.88. The average Bonchev–Trinajstić information content (AvgIpc) is 2.79. The monoisotopic (exact) mass is 496 g/mol. The van der Waals surface area contributed by atoms with Crippen molar-refractivity contribution >= 4 is 27.3 Å². The van der Waals surface area contributed by atoms with Gasteiger partial charge in [-0.15, -0.1) is 0 Å². The standard InChI is InChI=1S/C23H20F4N2O4S/c24-12-1-13-34(32,33)29-20-14-19(10-11-21(20)30)28-22(31)17-4-2-15(3-5-17)16-6-8-18(9-7-16)23(25,26)27/h2-11,14,29-30H,1,12-13H2,(H,28,31). The Balaban J connectivity index is 1.71. The van der Waals surface area contributed by atoms with E-state index >= 15 is 0 Å². The number of hydrogen-bond acceptors (Lipinski definition) is 4. The van der Waals surface area contributed by atoms with E-state index in [0.717, 1.165) is 12.1 Å². The van der Waals surface area contributed by atoms with Crippen LogP contribution in [0.5, 0.6) is 5.75 Å². The quantitative estimate of drug-likeness (QED) is 0.220. The van der Waals surface area contributed by atoms with E-state index in [1.807, 2.05) is 0 Å². The van der Waals surface area contributed by atoms with Crippen LogP contribution in [0, 0.1) is 0 Å². The van der Waals surface area contributed by atoms with E-state index in [1.165, 1.54) is 42.5 Å². The largest absolute Gasteiger partial charge is 0.506 e. The molecule has 3 aromatic carbocycles. The van der Waals surface area contributed by atoms with Crippen molar-refractivity contribution in [2.75, 3.05) is 22.5 Å². The molecule has 34 heavy (non-hydrogen) atoms. The number of sulfonamides is 1. The SMILES string of the molecule is O=C(Nc1ccc(O)c(NS(=O)(=O)CCCF)c1)c1ccc(-c2ccc(C(F)(F)F)cc2)cc1. The third kappa shape index (κ3) is 6.47. The zero-order valence-electron chi connectivity index (χ0n) is 17.6. The Morgan fingerprint density at radius 2 is 1.50 bits per heavy atom. The number of carbonyl (C=O) groups is 1. The molecule has 11 heteroatoms. The second-order valence-electron chi connectivity index (χ2n) is 7.30. The molecule has 0 unspecified atom stereocenters. The van der Waals surface area contributed by atoms with Crippen molar-refractivity contribution in [2.45, 2.75) is 12.6 Å². The van der Waals surface area contributed by atoms with Crippen LogP contribution < -0.4 is 10.0 Å². The first-order chi connectivity index (χ1) is 16.0. The van der Waals surface area contributed by atoms with Crippen molar-refractivity contribution in [2.24, 2.45) is 0 Å². The maximum Gasteiger partial charge on any atom is 0.416 e. The Hall–Kier alpha value is -3.60. The lowest BCUT2D eigenvalue weighted by Gasteiger charge is -2.12. The molecule has 0 radical (unpaired) electrons. The molecular formula is C23H20F4N2O4S. The number of halogens is 4. The Morgan fingerprint density at radius 1 is 0.912 bits per heavy atom. The van der Waals surface area contributed by atoms with Crippen LogP contribution in [0.25, 0.3) is 11.1 Å². The number of phenolic OH excluding ortho intramolecular Hbond substituents is 1. The fraction of sp³-hybridized carbons (Fsp3) is 0.174. The normalized spacial score (nSPS) is 11.8. The van der Waals surface area contributed by atoms with Crippen LogP contribution in [0.3, 0.4) is 0 Å². The highest BCUT2D eigenvalue weighted by Gasteiger charge is 2.30. The molecule has 3 aromatic rings. The number of carbonyl (C=O) groups excluding carboxylic acids is 1. The predicted octanol–water partition coefficient (Wildman–Crippen LogP) is 5.43. The second kappa shape index (κ2) is 10.1. The minimum atomic E-state index is -4.43. The van der Waals surface area contributed by atoms with E-state index in [1.54, 1.807) is 12.1 Å². The van der Waals surface area contributed by atoms with Crippen molar-refractivity contribution in [3.8, 4) is 16.9 Å². The molecule has 3 N–H and O–H groups in total. The smallest absolute Gasteiger partial charge is 0.416 e. The number of amides is 1. The van der Waals surface area contributed by atoms with Crippen LogP contribution in [-0.4, -0.2) is 31.9 Å². The van der Waals surface area contributed by atoms with Crippen molar-refractivity contribution in [1.82, 2.24) is 0 Å². The van der Waals surface area contributed by atoms with Gasteiger partial charge in [0.2, 0.25) is 10.0 Å². The highest BCUT2D eigenvalue weighted by atomic mass is 32.2. The molecule has 0 saturated carbocycles. The second-order valence-corrected chi connectivity index (χ2v) is 9.14. The molecule has 0 saturated heterocycles. The number of nitrogens with one attached hydrogen (secondary N) is 2. The summed E-state index contributed by atoms with van der Waals surface area (Å²) >= 11 is 0. The maximum absolute atomic E-state index is 12.7. The Kier molecular flexibility index (Phi) is 7.45. The highest BCUT2D eigenvalue weighted by molar-refractivity contribution is 7.92. The molecule has 0 aromatic heterocycles. The molecule has 1 amide bonds. The molecule has 0 aliphatic heterocycles. The molecule has 0 spiro atoms.